The molecule has 0 spiro atoms. The summed E-state index contributed by atoms with van der Waals surface area (Å²) < 4.78 is 5.93. The summed E-state index contributed by atoms with van der Waals surface area (Å²) in [6.45, 7) is 8.01. The lowest BCUT2D eigenvalue weighted by atomic mass is 9.66. The molecule has 2 nitrogen and oxygen atoms in total. The number of ether oxygens (including phenoxy) is 1. The summed E-state index contributed by atoms with van der Waals surface area (Å²) in [5.74, 6) is 0.842. The number of aliphatic hydroxyl groups is 1. The Kier molecular flexibility index (Phi) is 3.13. The molecule has 0 aliphatic heterocycles. The van der Waals surface area contributed by atoms with Gasteiger partial charge in [-0.1, -0.05) is 25.4 Å². The van der Waals surface area contributed by atoms with Gasteiger partial charge in [-0.15, -0.1) is 0 Å². The van der Waals surface area contributed by atoms with Crippen molar-refractivity contribution in [3.8, 4) is 5.75 Å². The van der Waals surface area contributed by atoms with E-state index in [1.54, 1.807) is 0 Å². The molecule has 17 heavy (non-hydrogen) atoms. The minimum Gasteiger partial charge on any atom is -0.490 e. The maximum atomic E-state index is 9.68. The van der Waals surface area contributed by atoms with E-state index in [9.17, 15) is 5.11 Å². The van der Waals surface area contributed by atoms with Crippen LogP contribution in [0.5, 0.6) is 5.75 Å². The van der Waals surface area contributed by atoms with Crippen LogP contribution in [-0.4, -0.2) is 17.3 Å². The van der Waals surface area contributed by atoms with Crippen molar-refractivity contribution in [1.82, 2.24) is 0 Å². The topological polar surface area (TPSA) is 29.5 Å². The second-order valence-corrected chi connectivity index (χ2v) is 5.93. The number of halogens is 1. The maximum Gasteiger partial charge on any atom is 0.120 e. The third-order valence-electron chi connectivity index (χ3n) is 3.81. The lowest BCUT2D eigenvalue weighted by Crippen LogP contribution is -2.56. The molecule has 0 amide bonds. The van der Waals surface area contributed by atoms with Crippen LogP contribution in [0.2, 0.25) is 5.02 Å². The summed E-state index contributed by atoms with van der Waals surface area (Å²) >= 11 is 6.12. The highest BCUT2D eigenvalue weighted by Crippen LogP contribution is 2.43. The molecule has 1 aliphatic carbocycles. The van der Waals surface area contributed by atoms with Gasteiger partial charge in [0.1, 0.15) is 11.9 Å². The molecule has 1 aromatic rings. The molecule has 2 atom stereocenters. The molecule has 0 aromatic heterocycles. The largest absolute Gasteiger partial charge is 0.490 e. The Balaban J connectivity index is 2.16. The van der Waals surface area contributed by atoms with Gasteiger partial charge in [0.2, 0.25) is 0 Å². The van der Waals surface area contributed by atoms with E-state index in [0.29, 0.717) is 6.42 Å². The van der Waals surface area contributed by atoms with Crippen LogP contribution < -0.4 is 4.74 Å². The quantitative estimate of drug-likeness (QED) is 0.875. The molecular formula is C14H19ClO2. The average molecular weight is 255 g/mol. The second kappa shape index (κ2) is 4.18. The van der Waals surface area contributed by atoms with Crippen LogP contribution >= 0.6 is 11.6 Å². The Morgan fingerprint density at radius 1 is 1.29 bits per heavy atom. The van der Waals surface area contributed by atoms with Crippen LogP contribution in [0.3, 0.4) is 0 Å². The van der Waals surface area contributed by atoms with E-state index >= 15 is 0 Å². The zero-order chi connectivity index (χ0) is 12.8. The Morgan fingerprint density at radius 2 is 1.82 bits per heavy atom. The smallest absolute Gasteiger partial charge is 0.120 e. The molecule has 2 unspecified atom stereocenters. The third kappa shape index (κ3) is 2.16. The summed E-state index contributed by atoms with van der Waals surface area (Å²) in [6, 6.07) is 3.91. The van der Waals surface area contributed by atoms with Crippen LogP contribution in [0.4, 0.5) is 0 Å². The van der Waals surface area contributed by atoms with Crippen molar-refractivity contribution in [1.29, 1.82) is 0 Å². The number of aryl methyl sites for hydroxylation is 2. The van der Waals surface area contributed by atoms with E-state index in [2.05, 4.69) is 0 Å². The molecule has 1 N–H and O–H groups in total. The fourth-order valence-corrected chi connectivity index (χ4v) is 2.31. The van der Waals surface area contributed by atoms with Gasteiger partial charge in [-0.25, -0.2) is 0 Å². The van der Waals surface area contributed by atoms with Crippen molar-refractivity contribution >= 4 is 11.6 Å². The minimum absolute atomic E-state index is 0.0810. The number of hydrogen-bond donors (Lipinski definition) is 1. The Hall–Kier alpha value is -0.730. The van der Waals surface area contributed by atoms with E-state index in [4.69, 9.17) is 16.3 Å². The predicted octanol–water partition coefficient (Wildman–Crippen LogP) is 3.50. The van der Waals surface area contributed by atoms with Crippen LogP contribution in [0.15, 0.2) is 12.1 Å². The van der Waals surface area contributed by atoms with E-state index in [1.807, 2.05) is 39.8 Å². The highest BCUT2D eigenvalue weighted by molar-refractivity contribution is 6.32. The maximum absolute atomic E-state index is 9.68. The molecule has 1 aliphatic rings. The summed E-state index contributed by atoms with van der Waals surface area (Å²) in [4.78, 5) is 0. The van der Waals surface area contributed by atoms with Crippen molar-refractivity contribution in [2.24, 2.45) is 5.41 Å². The van der Waals surface area contributed by atoms with Gasteiger partial charge in [0.15, 0.2) is 0 Å². The first-order valence-electron chi connectivity index (χ1n) is 5.94. The zero-order valence-electron chi connectivity index (χ0n) is 10.7. The summed E-state index contributed by atoms with van der Waals surface area (Å²) in [6.07, 6.45) is 0.521. The van der Waals surface area contributed by atoms with Crippen molar-refractivity contribution < 1.29 is 9.84 Å². The summed E-state index contributed by atoms with van der Waals surface area (Å²) in [5.41, 5.74) is 1.89. The SMILES string of the molecule is Cc1cc(OC2CC(O)C2(C)C)cc(C)c1Cl. The van der Waals surface area contributed by atoms with Crippen LogP contribution in [0.1, 0.15) is 31.4 Å². The molecule has 0 radical (unpaired) electrons. The minimum atomic E-state index is -0.262. The third-order valence-corrected chi connectivity index (χ3v) is 4.41. The number of hydrogen-bond acceptors (Lipinski definition) is 2. The highest BCUT2D eigenvalue weighted by Gasteiger charge is 2.49. The number of benzene rings is 1. The summed E-state index contributed by atoms with van der Waals surface area (Å²) in [5, 5.41) is 10.5. The second-order valence-electron chi connectivity index (χ2n) is 5.55. The summed E-state index contributed by atoms with van der Waals surface area (Å²) in [7, 11) is 0. The zero-order valence-corrected chi connectivity index (χ0v) is 11.5. The standard InChI is InChI=1S/C14H19ClO2/c1-8-5-10(6-9(2)13(8)15)17-12-7-11(16)14(12,3)4/h5-6,11-12,16H,7H2,1-4H3. The van der Waals surface area contributed by atoms with Gasteiger partial charge in [0.25, 0.3) is 0 Å². The van der Waals surface area contributed by atoms with Crippen molar-refractivity contribution in [3.63, 3.8) is 0 Å². The molecule has 0 heterocycles. The molecule has 3 heteroatoms. The first-order valence-corrected chi connectivity index (χ1v) is 6.31. The number of rotatable bonds is 2. The van der Waals surface area contributed by atoms with Crippen molar-refractivity contribution in [3.05, 3.63) is 28.3 Å². The molecule has 0 bridgehead atoms. The van der Waals surface area contributed by atoms with E-state index in [-0.39, 0.29) is 17.6 Å². The molecule has 2 rings (SSSR count). The Bertz CT molecular complexity index is 417. The van der Waals surface area contributed by atoms with Gasteiger partial charge in [-0.3, -0.25) is 0 Å². The predicted molar refractivity (Wildman–Crippen MR) is 69.7 cm³/mol. The lowest BCUT2D eigenvalue weighted by molar-refractivity contribution is -0.134. The monoisotopic (exact) mass is 254 g/mol. The van der Waals surface area contributed by atoms with Crippen LogP contribution in [0, 0.1) is 19.3 Å². The van der Waals surface area contributed by atoms with E-state index in [0.717, 1.165) is 21.9 Å². The van der Waals surface area contributed by atoms with E-state index in [1.165, 1.54) is 0 Å². The lowest BCUT2D eigenvalue weighted by Gasteiger charge is -2.48. The van der Waals surface area contributed by atoms with Gasteiger partial charge >= 0.3 is 0 Å². The Morgan fingerprint density at radius 3 is 2.24 bits per heavy atom. The van der Waals surface area contributed by atoms with Gasteiger partial charge in [0.05, 0.1) is 6.10 Å². The molecule has 1 fully saturated rings. The van der Waals surface area contributed by atoms with Crippen molar-refractivity contribution in [2.75, 3.05) is 0 Å². The molecule has 1 aromatic carbocycles. The first kappa shape index (κ1) is 12.7. The fraction of sp³-hybridized carbons (Fsp3) is 0.571. The van der Waals surface area contributed by atoms with Gasteiger partial charge in [0, 0.05) is 16.9 Å². The molecule has 0 saturated heterocycles. The van der Waals surface area contributed by atoms with Gasteiger partial charge < -0.3 is 9.84 Å². The Labute approximate surface area is 108 Å². The fourth-order valence-electron chi connectivity index (χ4n) is 2.20. The average Bonchev–Trinajstić information content (AvgIpc) is 2.25. The highest BCUT2D eigenvalue weighted by atomic mass is 35.5. The molecule has 1 saturated carbocycles. The van der Waals surface area contributed by atoms with Crippen molar-refractivity contribution in [2.45, 2.75) is 46.3 Å². The first-order chi connectivity index (χ1) is 7.82. The molecular weight excluding hydrogens is 236 g/mol. The van der Waals surface area contributed by atoms with Gasteiger partial charge in [-0.05, 0) is 37.1 Å². The van der Waals surface area contributed by atoms with Crippen LogP contribution in [-0.2, 0) is 0 Å². The van der Waals surface area contributed by atoms with E-state index < -0.39 is 0 Å². The van der Waals surface area contributed by atoms with Gasteiger partial charge in [-0.2, -0.15) is 0 Å². The number of aliphatic hydroxyl groups excluding tert-OH is 1. The van der Waals surface area contributed by atoms with Crippen LogP contribution in [0.25, 0.3) is 0 Å². The normalized spacial score (nSPS) is 26.5. The molecule has 94 valence electrons.